The number of methoxy groups -OCH3 is 1. The minimum atomic E-state index is -3.41. The summed E-state index contributed by atoms with van der Waals surface area (Å²) in [5.74, 6) is 0.316. The van der Waals surface area contributed by atoms with E-state index in [1.165, 1.54) is 15.6 Å². The number of nitrogens with two attached hydrogens (primary N) is 1. The molecule has 7 nitrogen and oxygen atoms in total. The van der Waals surface area contributed by atoms with Gasteiger partial charge in [0.1, 0.15) is 4.21 Å². The molecule has 2 rings (SSSR count). The van der Waals surface area contributed by atoms with Gasteiger partial charge in [0.2, 0.25) is 0 Å². The zero-order chi connectivity index (χ0) is 20.6. The lowest BCUT2D eigenvalue weighted by molar-refractivity contribution is 0.185. The Morgan fingerprint density at radius 3 is 2.55 bits per heavy atom. The Kier molecular flexibility index (Phi) is 11.1. The second-order valence-electron chi connectivity index (χ2n) is 6.04. The summed E-state index contributed by atoms with van der Waals surface area (Å²) in [6, 6.07) is 11.2. The van der Waals surface area contributed by atoms with Crippen LogP contribution in [-0.4, -0.2) is 45.4 Å². The molecule has 0 aliphatic carbocycles. The Morgan fingerprint density at radius 2 is 1.90 bits per heavy atom. The fourth-order valence-corrected chi connectivity index (χ4v) is 5.67. The van der Waals surface area contributed by atoms with Gasteiger partial charge in [0.05, 0.1) is 6.61 Å². The van der Waals surface area contributed by atoms with Crippen LogP contribution in [0.3, 0.4) is 0 Å². The molecule has 1 heterocycles. The Morgan fingerprint density at radius 1 is 1.21 bits per heavy atom. The molecule has 0 atom stereocenters. The van der Waals surface area contributed by atoms with Gasteiger partial charge in [0.15, 0.2) is 5.96 Å². The van der Waals surface area contributed by atoms with Crippen molar-refractivity contribution in [2.45, 2.75) is 31.1 Å². The number of thiophene rings is 1. The van der Waals surface area contributed by atoms with E-state index in [0.29, 0.717) is 42.8 Å². The maximum absolute atomic E-state index is 12.5. The third-order valence-electron chi connectivity index (χ3n) is 4.16. The van der Waals surface area contributed by atoms with E-state index < -0.39 is 10.0 Å². The maximum atomic E-state index is 12.5. The zero-order valence-electron chi connectivity index (χ0n) is 16.9. The molecule has 2 aromatic rings. The number of nitrogens with zero attached hydrogens (tertiary/aromatic N) is 2. The van der Waals surface area contributed by atoms with Gasteiger partial charge in [-0.05, 0) is 18.2 Å². The molecule has 0 saturated carbocycles. The van der Waals surface area contributed by atoms with Crippen molar-refractivity contribution in [2.24, 2.45) is 10.7 Å². The number of guanidine groups is 1. The van der Waals surface area contributed by atoms with Gasteiger partial charge in [-0.1, -0.05) is 32.0 Å². The van der Waals surface area contributed by atoms with Crippen LogP contribution < -0.4 is 11.1 Å². The SMILES string of the molecule is CCN(CC)S(=O)(=O)c1ccc(CCN=C(N)Nc2ccccc2COC)s1.I. The van der Waals surface area contributed by atoms with Crippen molar-refractivity contribution < 1.29 is 13.2 Å². The normalized spacial score (nSPS) is 12.1. The minimum Gasteiger partial charge on any atom is -0.380 e. The second-order valence-corrected chi connectivity index (χ2v) is 9.38. The Bertz CT molecular complexity index is 896. The number of anilines is 1. The molecule has 3 N–H and O–H groups in total. The highest BCUT2D eigenvalue weighted by Gasteiger charge is 2.23. The molecule has 29 heavy (non-hydrogen) atoms. The van der Waals surface area contributed by atoms with Gasteiger partial charge in [0, 0.05) is 49.3 Å². The van der Waals surface area contributed by atoms with Crippen LogP contribution >= 0.6 is 35.3 Å². The quantitative estimate of drug-likeness (QED) is 0.267. The van der Waals surface area contributed by atoms with Gasteiger partial charge in [-0.3, -0.25) is 4.99 Å². The summed E-state index contributed by atoms with van der Waals surface area (Å²) in [5, 5.41) is 3.09. The van der Waals surface area contributed by atoms with E-state index in [-0.39, 0.29) is 24.0 Å². The van der Waals surface area contributed by atoms with Gasteiger partial charge in [-0.15, -0.1) is 35.3 Å². The van der Waals surface area contributed by atoms with Crippen LogP contribution in [0.2, 0.25) is 0 Å². The average Bonchev–Trinajstić information content (AvgIpc) is 3.14. The van der Waals surface area contributed by atoms with Crippen molar-refractivity contribution in [3.8, 4) is 0 Å². The first-order valence-electron chi connectivity index (χ1n) is 9.15. The first-order chi connectivity index (χ1) is 13.4. The van der Waals surface area contributed by atoms with Crippen LogP contribution in [0, 0.1) is 0 Å². The fraction of sp³-hybridized carbons (Fsp3) is 0.421. The van der Waals surface area contributed by atoms with E-state index >= 15 is 0 Å². The lowest BCUT2D eigenvalue weighted by atomic mass is 10.2. The van der Waals surface area contributed by atoms with E-state index in [4.69, 9.17) is 10.5 Å². The molecule has 162 valence electrons. The summed E-state index contributed by atoms with van der Waals surface area (Å²) in [6.07, 6.45) is 0.626. The van der Waals surface area contributed by atoms with Gasteiger partial charge >= 0.3 is 0 Å². The predicted octanol–water partition coefficient (Wildman–Crippen LogP) is 3.51. The molecule has 0 radical (unpaired) electrons. The van der Waals surface area contributed by atoms with Crippen LogP contribution in [-0.2, 0) is 27.8 Å². The molecule has 0 aliphatic heterocycles. The highest BCUT2D eigenvalue weighted by molar-refractivity contribution is 14.0. The zero-order valence-corrected chi connectivity index (χ0v) is 20.9. The highest BCUT2D eigenvalue weighted by Crippen LogP contribution is 2.25. The molecule has 1 aromatic heterocycles. The topological polar surface area (TPSA) is 97.0 Å². The first kappa shape index (κ1) is 25.8. The van der Waals surface area contributed by atoms with Crippen molar-refractivity contribution in [1.29, 1.82) is 0 Å². The van der Waals surface area contributed by atoms with E-state index in [9.17, 15) is 8.42 Å². The largest absolute Gasteiger partial charge is 0.380 e. The van der Waals surface area contributed by atoms with Gasteiger partial charge in [-0.2, -0.15) is 4.31 Å². The molecule has 0 fully saturated rings. The van der Waals surface area contributed by atoms with E-state index in [1.807, 2.05) is 44.2 Å². The van der Waals surface area contributed by atoms with Gasteiger partial charge in [-0.25, -0.2) is 8.42 Å². The molecule has 0 bridgehead atoms. The first-order valence-corrected chi connectivity index (χ1v) is 11.4. The fourth-order valence-electron chi connectivity index (χ4n) is 2.71. The summed E-state index contributed by atoms with van der Waals surface area (Å²) >= 11 is 1.29. The molecule has 0 amide bonds. The van der Waals surface area contributed by atoms with Crippen molar-refractivity contribution in [3.05, 3.63) is 46.8 Å². The van der Waals surface area contributed by atoms with Crippen molar-refractivity contribution in [3.63, 3.8) is 0 Å². The smallest absolute Gasteiger partial charge is 0.252 e. The van der Waals surface area contributed by atoms with Crippen LogP contribution in [0.4, 0.5) is 5.69 Å². The molecule has 0 saturated heterocycles. The number of ether oxygens (including phenoxy) is 1. The summed E-state index contributed by atoms with van der Waals surface area (Å²) in [5.41, 5.74) is 7.83. The Balaban J connectivity index is 0.00000420. The van der Waals surface area contributed by atoms with E-state index in [0.717, 1.165) is 16.1 Å². The molecule has 0 aliphatic rings. The van der Waals surface area contributed by atoms with Crippen molar-refractivity contribution >= 4 is 57.0 Å². The summed E-state index contributed by atoms with van der Waals surface area (Å²) in [7, 11) is -1.76. The van der Waals surface area contributed by atoms with Crippen molar-refractivity contribution in [1.82, 2.24) is 4.31 Å². The van der Waals surface area contributed by atoms with Crippen LogP contribution in [0.1, 0.15) is 24.3 Å². The number of halogens is 1. The lowest BCUT2D eigenvalue weighted by Crippen LogP contribution is -2.29. The van der Waals surface area contributed by atoms with Crippen LogP contribution in [0.25, 0.3) is 0 Å². The average molecular weight is 553 g/mol. The third-order valence-corrected chi connectivity index (χ3v) is 7.82. The monoisotopic (exact) mass is 552 g/mol. The molecule has 10 heteroatoms. The molecule has 0 spiro atoms. The second kappa shape index (κ2) is 12.5. The predicted molar refractivity (Wildman–Crippen MR) is 131 cm³/mol. The number of para-hydroxylation sites is 1. The van der Waals surface area contributed by atoms with Crippen molar-refractivity contribution in [2.75, 3.05) is 32.1 Å². The number of nitrogens with one attached hydrogen (secondary N) is 1. The minimum absolute atomic E-state index is 0. The molecular weight excluding hydrogens is 523 g/mol. The molecular formula is C19H29IN4O3S2. The van der Waals surface area contributed by atoms with E-state index in [2.05, 4.69) is 10.3 Å². The number of hydrogen-bond donors (Lipinski definition) is 2. The standard InChI is InChI=1S/C19H28N4O3S2.HI/c1-4-23(5-2)28(24,25)18-11-10-16(27-18)12-13-21-19(20)22-17-9-7-6-8-15(17)14-26-3;/h6-11H,4-5,12-14H2,1-3H3,(H3,20,21,22);1H. The Hall–Kier alpha value is -1.21. The van der Waals surface area contributed by atoms with Gasteiger partial charge in [0.25, 0.3) is 10.0 Å². The summed E-state index contributed by atoms with van der Waals surface area (Å²) < 4.78 is 32.1. The summed E-state index contributed by atoms with van der Waals surface area (Å²) in [4.78, 5) is 5.30. The number of aliphatic imine (C=N–C) groups is 1. The van der Waals surface area contributed by atoms with Gasteiger partial charge < -0.3 is 15.8 Å². The number of benzene rings is 1. The molecule has 0 unspecified atom stereocenters. The number of hydrogen-bond acceptors (Lipinski definition) is 5. The van der Waals surface area contributed by atoms with Crippen LogP contribution in [0.5, 0.6) is 0 Å². The summed E-state index contributed by atoms with van der Waals surface area (Å²) in [6.45, 7) is 5.55. The third kappa shape index (κ3) is 7.21. The lowest BCUT2D eigenvalue weighted by Gasteiger charge is -2.16. The molecule has 1 aromatic carbocycles. The Labute approximate surface area is 194 Å². The number of rotatable bonds is 10. The number of sulfonamides is 1. The van der Waals surface area contributed by atoms with Crippen LogP contribution in [0.15, 0.2) is 45.6 Å². The highest BCUT2D eigenvalue weighted by atomic mass is 127. The maximum Gasteiger partial charge on any atom is 0.252 e. The van der Waals surface area contributed by atoms with E-state index in [1.54, 1.807) is 13.2 Å².